The van der Waals surface area contributed by atoms with Gasteiger partial charge in [0, 0.05) is 35.0 Å². The van der Waals surface area contributed by atoms with E-state index in [9.17, 15) is 4.79 Å². The summed E-state index contributed by atoms with van der Waals surface area (Å²) in [6.45, 7) is 1.93. The number of hydrogen-bond acceptors (Lipinski definition) is 7. The van der Waals surface area contributed by atoms with Crippen molar-refractivity contribution < 1.29 is 9.53 Å². The quantitative estimate of drug-likeness (QED) is 0.233. The van der Waals surface area contributed by atoms with Gasteiger partial charge in [0.05, 0.1) is 13.3 Å². The highest BCUT2D eigenvalue weighted by molar-refractivity contribution is 8.00. The molecule has 32 heavy (non-hydrogen) atoms. The van der Waals surface area contributed by atoms with Crippen molar-refractivity contribution in [3.05, 3.63) is 88.7 Å². The molecule has 0 fully saturated rings. The van der Waals surface area contributed by atoms with Crippen LogP contribution in [0.4, 0.5) is 0 Å². The molecule has 0 aliphatic carbocycles. The first-order valence-corrected chi connectivity index (χ1v) is 11.6. The van der Waals surface area contributed by atoms with Crippen LogP contribution in [0.1, 0.15) is 26.5 Å². The average molecular weight is 464 g/mol. The third-order valence-corrected chi connectivity index (χ3v) is 6.60. The van der Waals surface area contributed by atoms with Crippen molar-refractivity contribution >= 4 is 35.2 Å². The number of thioether (sulfide) groups is 1. The fraction of sp³-hybridized carbons (Fsp3) is 0.130. The Balaban J connectivity index is 1.38. The monoisotopic (exact) mass is 463 g/mol. The van der Waals surface area contributed by atoms with Gasteiger partial charge in [-0.15, -0.1) is 10.2 Å². The second kappa shape index (κ2) is 10.3. The Bertz CT molecular complexity index is 1220. The number of nitrogens with zero attached hydrogens (tertiary/aromatic N) is 4. The third kappa shape index (κ3) is 5.43. The zero-order chi connectivity index (χ0) is 22.3. The van der Waals surface area contributed by atoms with Crippen LogP contribution in [0.5, 0.6) is 5.75 Å². The maximum Gasteiger partial charge on any atom is 0.271 e. The van der Waals surface area contributed by atoms with Crippen molar-refractivity contribution in [3.63, 3.8) is 0 Å². The zero-order valence-corrected chi connectivity index (χ0v) is 19.2. The van der Waals surface area contributed by atoms with Crippen LogP contribution in [-0.4, -0.2) is 34.0 Å². The van der Waals surface area contributed by atoms with E-state index in [1.807, 2.05) is 66.3 Å². The smallest absolute Gasteiger partial charge is 0.271 e. The van der Waals surface area contributed by atoms with E-state index in [4.69, 9.17) is 4.74 Å². The third-order valence-electron chi connectivity index (χ3n) is 4.57. The fourth-order valence-corrected chi connectivity index (χ4v) is 4.78. The van der Waals surface area contributed by atoms with Gasteiger partial charge in [-0.1, -0.05) is 23.1 Å². The maximum absolute atomic E-state index is 12.4. The number of ether oxygens (including phenoxy) is 1. The minimum Gasteiger partial charge on any atom is -0.496 e. The van der Waals surface area contributed by atoms with E-state index in [0.29, 0.717) is 11.3 Å². The van der Waals surface area contributed by atoms with E-state index in [0.717, 1.165) is 31.9 Å². The molecule has 2 aromatic heterocycles. The number of carbonyl (C=O) groups is 1. The lowest BCUT2D eigenvalue weighted by molar-refractivity contribution is 0.0955. The van der Waals surface area contributed by atoms with Crippen LogP contribution in [0, 0.1) is 6.92 Å². The Kier molecular flexibility index (Phi) is 6.98. The Hall–Kier alpha value is -3.43. The number of aryl methyl sites for hydroxylation is 1. The van der Waals surface area contributed by atoms with Crippen LogP contribution in [0.3, 0.4) is 0 Å². The number of hydrogen-bond donors (Lipinski definition) is 1. The standard InChI is InChI=1S/C23H21N5O2S2/c1-16-25-27-23(32-16)31-15-19-13-17(5-10-21(19)30-2)14-24-26-22(29)18-6-8-20(9-7-18)28-11-3-4-12-28/h3-14H,15H2,1-2H3,(H,26,29)/b24-14+. The lowest BCUT2D eigenvalue weighted by Crippen LogP contribution is -2.17. The van der Waals surface area contributed by atoms with Crippen molar-refractivity contribution in [2.45, 2.75) is 17.0 Å². The summed E-state index contributed by atoms with van der Waals surface area (Å²) in [5, 5.41) is 13.2. The lowest BCUT2D eigenvalue weighted by Gasteiger charge is -2.08. The molecule has 0 aliphatic rings. The molecule has 1 amide bonds. The van der Waals surface area contributed by atoms with Crippen molar-refractivity contribution in [2.75, 3.05) is 7.11 Å². The molecule has 4 aromatic rings. The summed E-state index contributed by atoms with van der Waals surface area (Å²) in [5.74, 6) is 1.22. The van der Waals surface area contributed by atoms with Gasteiger partial charge in [-0.2, -0.15) is 5.10 Å². The second-order valence-electron chi connectivity index (χ2n) is 6.78. The molecule has 2 heterocycles. The number of rotatable bonds is 8. The predicted molar refractivity (Wildman–Crippen MR) is 128 cm³/mol. The molecule has 7 nitrogen and oxygen atoms in total. The average Bonchev–Trinajstić information content (AvgIpc) is 3.50. The number of hydrazone groups is 1. The van der Waals surface area contributed by atoms with Gasteiger partial charge >= 0.3 is 0 Å². The van der Waals surface area contributed by atoms with Crippen molar-refractivity contribution in [1.29, 1.82) is 0 Å². The van der Waals surface area contributed by atoms with Crippen LogP contribution < -0.4 is 10.2 Å². The molecule has 1 N–H and O–H groups in total. The summed E-state index contributed by atoms with van der Waals surface area (Å²) in [5.41, 5.74) is 5.98. The highest BCUT2D eigenvalue weighted by Crippen LogP contribution is 2.30. The van der Waals surface area contributed by atoms with Gasteiger partial charge in [-0.25, -0.2) is 5.43 Å². The Morgan fingerprint density at radius 2 is 1.97 bits per heavy atom. The summed E-state index contributed by atoms with van der Waals surface area (Å²) >= 11 is 3.17. The first-order chi connectivity index (χ1) is 15.6. The molecule has 0 spiro atoms. The lowest BCUT2D eigenvalue weighted by atomic mass is 10.1. The van der Waals surface area contributed by atoms with Crippen LogP contribution in [0.15, 0.2) is 76.4 Å². The molecular weight excluding hydrogens is 442 g/mol. The number of benzene rings is 2. The Morgan fingerprint density at radius 1 is 1.19 bits per heavy atom. The molecular formula is C23H21N5O2S2. The van der Waals surface area contributed by atoms with Gasteiger partial charge in [0.1, 0.15) is 10.8 Å². The van der Waals surface area contributed by atoms with Crippen LogP contribution in [0.2, 0.25) is 0 Å². The molecule has 162 valence electrons. The molecule has 0 saturated heterocycles. The largest absolute Gasteiger partial charge is 0.496 e. The SMILES string of the molecule is COc1ccc(/C=N/NC(=O)c2ccc(-n3cccc3)cc2)cc1CSc1nnc(C)s1. The Labute approximate surface area is 194 Å². The Morgan fingerprint density at radius 3 is 2.66 bits per heavy atom. The summed E-state index contributed by atoms with van der Waals surface area (Å²) in [6, 6.07) is 17.0. The summed E-state index contributed by atoms with van der Waals surface area (Å²) in [4.78, 5) is 12.4. The first kappa shape index (κ1) is 21.8. The summed E-state index contributed by atoms with van der Waals surface area (Å²) in [7, 11) is 1.65. The van der Waals surface area contributed by atoms with E-state index in [-0.39, 0.29) is 5.91 Å². The maximum atomic E-state index is 12.4. The van der Waals surface area contributed by atoms with Gasteiger partial charge in [0.25, 0.3) is 5.91 Å². The summed E-state index contributed by atoms with van der Waals surface area (Å²) < 4.78 is 8.36. The fourth-order valence-electron chi connectivity index (χ4n) is 2.99. The number of aromatic nitrogens is 3. The van der Waals surface area contributed by atoms with Gasteiger partial charge in [-0.3, -0.25) is 4.79 Å². The van der Waals surface area contributed by atoms with E-state index in [2.05, 4.69) is 20.7 Å². The van der Waals surface area contributed by atoms with E-state index in [1.54, 1.807) is 48.6 Å². The highest BCUT2D eigenvalue weighted by atomic mass is 32.2. The van der Waals surface area contributed by atoms with E-state index >= 15 is 0 Å². The van der Waals surface area contributed by atoms with Crippen LogP contribution >= 0.6 is 23.1 Å². The molecule has 0 saturated carbocycles. The number of carbonyl (C=O) groups excluding carboxylic acids is 1. The van der Waals surface area contributed by atoms with Gasteiger partial charge in [-0.05, 0) is 67.1 Å². The molecule has 4 rings (SSSR count). The molecule has 0 aliphatic heterocycles. The number of nitrogens with one attached hydrogen (secondary N) is 1. The van der Waals surface area contributed by atoms with Crippen molar-refractivity contribution in [1.82, 2.24) is 20.2 Å². The van der Waals surface area contributed by atoms with Crippen molar-refractivity contribution in [2.24, 2.45) is 5.10 Å². The molecule has 0 unspecified atom stereocenters. The normalized spacial score (nSPS) is 11.1. The van der Waals surface area contributed by atoms with Gasteiger partial charge < -0.3 is 9.30 Å². The molecule has 2 aromatic carbocycles. The minimum absolute atomic E-state index is 0.267. The van der Waals surface area contributed by atoms with E-state index in [1.165, 1.54) is 0 Å². The first-order valence-electron chi connectivity index (χ1n) is 9.79. The minimum atomic E-state index is -0.267. The number of amides is 1. The number of methoxy groups -OCH3 is 1. The van der Waals surface area contributed by atoms with Crippen LogP contribution in [-0.2, 0) is 5.75 Å². The van der Waals surface area contributed by atoms with Crippen LogP contribution in [0.25, 0.3) is 5.69 Å². The van der Waals surface area contributed by atoms with Gasteiger partial charge in [0.2, 0.25) is 0 Å². The molecule has 0 atom stereocenters. The zero-order valence-electron chi connectivity index (χ0n) is 17.6. The predicted octanol–water partition coefficient (Wildman–Crippen LogP) is 4.70. The second-order valence-corrected chi connectivity index (χ2v) is 9.19. The topological polar surface area (TPSA) is 81.4 Å². The van der Waals surface area contributed by atoms with E-state index < -0.39 is 0 Å². The molecule has 9 heteroatoms. The molecule has 0 bridgehead atoms. The van der Waals surface area contributed by atoms with Crippen molar-refractivity contribution in [3.8, 4) is 11.4 Å². The highest BCUT2D eigenvalue weighted by Gasteiger charge is 2.08. The van der Waals surface area contributed by atoms with Gasteiger partial charge in [0.15, 0.2) is 4.34 Å². The summed E-state index contributed by atoms with van der Waals surface area (Å²) in [6.07, 6.45) is 5.53. The molecule has 0 radical (unpaired) electrons.